The molecular weight excluding hydrogens is 232 g/mol. The van der Waals surface area contributed by atoms with E-state index in [0.29, 0.717) is 11.4 Å². The molecule has 1 rings (SSSR count). The number of methoxy groups -OCH3 is 1. The van der Waals surface area contributed by atoms with Gasteiger partial charge in [-0.1, -0.05) is 0 Å². The van der Waals surface area contributed by atoms with Crippen LogP contribution in [0.5, 0.6) is 11.5 Å². The van der Waals surface area contributed by atoms with Gasteiger partial charge < -0.3 is 20.5 Å². The highest BCUT2D eigenvalue weighted by atomic mass is 16.5. The molecule has 1 aromatic rings. The molecular formula is C13H20N2O3. The summed E-state index contributed by atoms with van der Waals surface area (Å²) in [5.41, 5.74) is 0.332. The van der Waals surface area contributed by atoms with Crippen molar-refractivity contribution < 1.29 is 14.6 Å². The third-order valence-corrected chi connectivity index (χ3v) is 2.24. The van der Waals surface area contributed by atoms with E-state index in [1.807, 2.05) is 20.8 Å². The number of amides is 1. The van der Waals surface area contributed by atoms with Gasteiger partial charge in [-0.15, -0.1) is 0 Å². The van der Waals surface area contributed by atoms with Crippen LogP contribution >= 0.6 is 0 Å². The summed E-state index contributed by atoms with van der Waals surface area (Å²) in [6.45, 7) is 6.14. The van der Waals surface area contributed by atoms with Crippen molar-refractivity contribution in [1.82, 2.24) is 5.32 Å². The van der Waals surface area contributed by atoms with E-state index in [0.717, 1.165) is 0 Å². The molecule has 0 aliphatic rings. The molecule has 1 aromatic carbocycles. The summed E-state index contributed by atoms with van der Waals surface area (Å²) in [7, 11) is 1.51. The lowest BCUT2D eigenvalue weighted by Gasteiger charge is -2.20. The zero-order chi connectivity index (χ0) is 13.8. The van der Waals surface area contributed by atoms with Crippen molar-refractivity contribution in [3.05, 3.63) is 18.2 Å². The van der Waals surface area contributed by atoms with E-state index in [2.05, 4.69) is 10.6 Å². The number of anilines is 1. The molecule has 100 valence electrons. The second-order valence-corrected chi connectivity index (χ2v) is 5.04. The molecule has 0 heterocycles. The molecule has 0 unspecified atom stereocenters. The highest BCUT2D eigenvalue weighted by molar-refractivity contribution is 5.94. The van der Waals surface area contributed by atoms with Crippen LogP contribution in [0, 0.1) is 0 Å². The van der Waals surface area contributed by atoms with Gasteiger partial charge in [-0.25, -0.2) is 0 Å². The van der Waals surface area contributed by atoms with Crippen LogP contribution < -0.4 is 15.4 Å². The van der Waals surface area contributed by atoms with Crippen LogP contribution in [0.4, 0.5) is 5.69 Å². The van der Waals surface area contributed by atoms with Gasteiger partial charge in [-0.3, -0.25) is 4.79 Å². The second-order valence-electron chi connectivity index (χ2n) is 5.04. The SMILES string of the molecule is COc1ccc(O)cc1NC(=O)CNC(C)(C)C. The van der Waals surface area contributed by atoms with Crippen molar-refractivity contribution in [1.29, 1.82) is 0 Å². The van der Waals surface area contributed by atoms with Crippen molar-refractivity contribution in [3.8, 4) is 11.5 Å². The summed E-state index contributed by atoms with van der Waals surface area (Å²) in [6, 6.07) is 4.55. The van der Waals surface area contributed by atoms with Crippen LogP contribution in [0.3, 0.4) is 0 Å². The second kappa shape index (κ2) is 5.73. The number of phenolic OH excluding ortho intramolecular Hbond substituents is 1. The minimum absolute atomic E-state index is 0.0786. The summed E-state index contributed by atoms with van der Waals surface area (Å²) in [5, 5.41) is 15.1. The van der Waals surface area contributed by atoms with E-state index in [1.165, 1.54) is 19.2 Å². The standard InChI is InChI=1S/C13H20N2O3/c1-13(2,3)14-8-12(17)15-10-7-9(16)5-6-11(10)18-4/h5-7,14,16H,8H2,1-4H3,(H,15,17). The van der Waals surface area contributed by atoms with Gasteiger partial charge in [0.2, 0.25) is 5.91 Å². The van der Waals surface area contributed by atoms with Crippen LogP contribution in [-0.4, -0.2) is 30.2 Å². The Morgan fingerprint density at radius 2 is 2.06 bits per heavy atom. The van der Waals surface area contributed by atoms with E-state index >= 15 is 0 Å². The lowest BCUT2D eigenvalue weighted by Crippen LogP contribution is -2.41. The number of ether oxygens (including phenoxy) is 1. The minimum Gasteiger partial charge on any atom is -0.508 e. The third-order valence-electron chi connectivity index (χ3n) is 2.24. The molecule has 0 bridgehead atoms. The van der Waals surface area contributed by atoms with Gasteiger partial charge in [0.05, 0.1) is 19.3 Å². The summed E-state index contributed by atoms with van der Waals surface area (Å²) >= 11 is 0. The molecule has 0 spiro atoms. The fraction of sp³-hybridized carbons (Fsp3) is 0.462. The lowest BCUT2D eigenvalue weighted by molar-refractivity contribution is -0.115. The number of benzene rings is 1. The molecule has 0 fully saturated rings. The molecule has 1 amide bonds. The average molecular weight is 252 g/mol. The number of hydrogen-bond donors (Lipinski definition) is 3. The predicted molar refractivity (Wildman–Crippen MR) is 71.0 cm³/mol. The van der Waals surface area contributed by atoms with Gasteiger partial charge in [0.25, 0.3) is 0 Å². The van der Waals surface area contributed by atoms with Crippen molar-refractivity contribution >= 4 is 11.6 Å². The van der Waals surface area contributed by atoms with E-state index < -0.39 is 0 Å². The largest absolute Gasteiger partial charge is 0.508 e. The Hall–Kier alpha value is -1.75. The molecule has 0 aliphatic heterocycles. The van der Waals surface area contributed by atoms with Crippen molar-refractivity contribution in [2.24, 2.45) is 0 Å². The molecule has 0 aliphatic carbocycles. The van der Waals surface area contributed by atoms with Gasteiger partial charge in [0.15, 0.2) is 0 Å². The van der Waals surface area contributed by atoms with Crippen molar-refractivity contribution in [2.45, 2.75) is 26.3 Å². The first-order chi connectivity index (χ1) is 8.31. The summed E-state index contributed by atoms with van der Waals surface area (Å²) in [5.74, 6) is 0.403. The molecule has 0 saturated carbocycles. The fourth-order valence-electron chi connectivity index (χ4n) is 1.33. The molecule has 3 N–H and O–H groups in total. The molecule has 18 heavy (non-hydrogen) atoms. The first kappa shape index (κ1) is 14.3. The molecule has 5 heteroatoms. The predicted octanol–water partition coefficient (Wildman–Crippen LogP) is 1.73. The van der Waals surface area contributed by atoms with Gasteiger partial charge >= 0.3 is 0 Å². The molecule has 0 saturated heterocycles. The summed E-state index contributed by atoms with van der Waals surface area (Å²) < 4.78 is 5.10. The first-order valence-electron chi connectivity index (χ1n) is 5.74. The third kappa shape index (κ3) is 4.63. The van der Waals surface area contributed by atoms with Crippen LogP contribution in [-0.2, 0) is 4.79 Å². The number of carbonyl (C=O) groups excluding carboxylic acids is 1. The molecule has 0 radical (unpaired) electrons. The van der Waals surface area contributed by atoms with E-state index in [4.69, 9.17) is 4.74 Å². The topological polar surface area (TPSA) is 70.6 Å². The average Bonchev–Trinajstić information content (AvgIpc) is 2.26. The van der Waals surface area contributed by atoms with Gasteiger partial charge in [-0.2, -0.15) is 0 Å². The van der Waals surface area contributed by atoms with Gasteiger partial charge in [0.1, 0.15) is 11.5 Å². The Morgan fingerprint density at radius 1 is 1.39 bits per heavy atom. The highest BCUT2D eigenvalue weighted by Crippen LogP contribution is 2.28. The number of nitrogens with one attached hydrogen (secondary N) is 2. The summed E-state index contributed by atoms with van der Waals surface area (Å²) in [4.78, 5) is 11.7. The monoisotopic (exact) mass is 252 g/mol. The van der Waals surface area contributed by atoms with Crippen LogP contribution in [0.2, 0.25) is 0 Å². The van der Waals surface area contributed by atoms with E-state index in [1.54, 1.807) is 6.07 Å². The molecule has 5 nitrogen and oxygen atoms in total. The fourth-order valence-corrected chi connectivity index (χ4v) is 1.33. The number of aromatic hydroxyl groups is 1. The Balaban J connectivity index is 2.66. The maximum Gasteiger partial charge on any atom is 0.238 e. The summed E-state index contributed by atoms with van der Waals surface area (Å²) in [6.07, 6.45) is 0. The quantitative estimate of drug-likeness (QED) is 0.763. The maximum absolute atomic E-state index is 11.7. The lowest BCUT2D eigenvalue weighted by atomic mass is 10.1. The van der Waals surface area contributed by atoms with Gasteiger partial charge in [-0.05, 0) is 32.9 Å². The Morgan fingerprint density at radius 3 is 2.61 bits per heavy atom. The zero-order valence-corrected chi connectivity index (χ0v) is 11.2. The Bertz CT molecular complexity index is 425. The number of hydrogen-bond acceptors (Lipinski definition) is 4. The van der Waals surface area contributed by atoms with Crippen molar-refractivity contribution in [3.63, 3.8) is 0 Å². The number of phenols is 1. The Kier molecular flexibility index (Phi) is 4.55. The first-order valence-corrected chi connectivity index (χ1v) is 5.74. The van der Waals surface area contributed by atoms with E-state index in [-0.39, 0.29) is 23.7 Å². The van der Waals surface area contributed by atoms with Gasteiger partial charge in [0, 0.05) is 11.6 Å². The van der Waals surface area contributed by atoms with Crippen LogP contribution in [0.1, 0.15) is 20.8 Å². The molecule has 0 atom stereocenters. The number of carbonyl (C=O) groups is 1. The number of rotatable bonds is 4. The van der Waals surface area contributed by atoms with Crippen molar-refractivity contribution in [2.75, 3.05) is 19.0 Å². The Labute approximate surface area is 107 Å². The minimum atomic E-state index is -0.186. The molecule has 0 aromatic heterocycles. The normalized spacial score (nSPS) is 11.1. The highest BCUT2D eigenvalue weighted by Gasteiger charge is 2.13. The van der Waals surface area contributed by atoms with Crippen LogP contribution in [0.15, 0.2) is 18.2 Å². The zero-order valence-electron chi connectivity index (χ0n) is 11.2. The maximum atomic E-state index is 11.7. The van der Waals surface area contributed by atoms with E-state index in [9.17, 15) is 9.90 Å². The smallest absolute Gasteiger partial charge is 0.238 e. The van der Waals surface area contributed by atoms with Crippen LogP contribution in [0.25, 0.3) is 0 Å².